The molecule has 0 saturated heterocycles. The van der Waals surface area contributed by atoms with E-state index in [4.69, 9.17) is 14.3 Å². The van der Waals surface area contributed by atoms with Gasteiger partial charge >= 0.3 is 0 Å². The van der Waals surface area contributed by atoms with E-state index >= 15 is 0 Å². The molecule has 2 rings (SSSR count). The van der Waals surface area contributed by atoms with Crippen LogP contribution < -0.4 is 4.74 Å². The summed E-state index contributed by atoms with van der Waals surface area (Å²) in [7, 11) is -1.68. The molecule has 1 N–H and O–H groups in total. The summed E-state index contributed by atoms with van der Waals surface area (Å²) >= 11 is 0. The number of aromatic nitrogens is 1. The predicted molar refractivity (Wildman–Crippen MR) is 85.9 cm³/mol. The zero-order chi connectivity index (χ0) is 15.7. The molecule has 1 aromatic rings. The van der Waals surface area contributed by atoms with Crippen LogP contribution in [0.2, 0.25) is 18.1 Å². The van der Waals surface area contributed by atoms with Gasteiger partial charge in [0.05, 0.1) is 18.9 Å². The summed E-state index contributed by atoms with van der Waals surface area (Å²) in [6.07, 6.45) is 5.75. The fraction of sp³-hybridized carbons (Fsp3) is 0.688. The number of pyridine rings is 1. The average Bonchev–Trinajstić information content (AvgIpc) is 2.35. The molecule has 0 unspecified atom stereocenters. The summed E-state index contributed by atoms with van der Waals surface area (Å²) in [5.41, 5.74) is 0.779. The first-order chi connectivity index (χ1) is 9.71. The summed E-state index contributed by atoms with van der Waals surface area (Å²) in [5, 5.41) is 9.35. The van der Waals surface area contributed by atoms with Crippen molar-refractivity contribution in [2.75, 3.05) is 0 Å². The van der Waals surface area contributed by atoms with E-state index in [1.54, 1.807) is 12.4 Å². The van der Waals surface area contributed by atoms with Crippen LogP contribution in [0.5, 0.6) is 5.75 Å². The first kappa shape index (κ1) is 16.5. The van der Waals surface area contributed by atoms with Gasteiger partial charge in [-0.15, -0.1) is 0 Å². The predicted octanol–water partition coefficient (Wildman–Crippen LogP) is 3.51. The molecule has 0 amide bonds. The Bertz CT molecular complexity index is 479. The highest BCUT2D eigenvalue weighted by atomic mass is 28.4. The Hall–Kier alpha value is -0.913. The van der Waals surface area contributed by atoms with Crippen LogP contribution in [-0.4, -0.2) is 30.6 Å². The molecule has 4 nitrogen and oxygen atoms in total. The van der Waals surface area contributed by atoms with Crippen LogP contribution in [0.4, 0.5) is 0 Å². The van der Waals surface area contributed by atoms with E-state index in [1.165, 1.54) is 0 Å². The second-order valence-corrected chi connectivity index (χ2v) is 12.2. The molecule has 1 fully saturated rings. The van der Waals surface area contributed by atoms with Gasteiger partial charge in [0.15, 0.2) is 8.32 Å². The van der Waals surface area contributed by atoms with Crippen LogP contribution in [0.3, 0.4) is 0 Å². The van der Waals surface area contributed by atoms with E-state index in [9.17, 15) is 0 Å². The molecule has 0 aliphatic heterocycles. The van der Waals surface area contributed by atoms with Crippen molar-refractivity contribution in [3.05, 3.63) is 24.0 Å². The zero-order valence-corrected chi connectivity index (χ0v) is 14.7. The minimum absolute atomic E-state index is 0.00796. The topological polar surface area (TPSA) is 51.6 Å². The van der Waals surface area contributed by atoms with Crippen molar-refractivity contribution in [2.24, 2.45) is 0 Å². The lowest BCUT2D eigenvalue weighted by atomic mass is 9.92. The molecule has 21 heavy (non-hydrogen) atoms. The van der Waals surface area contributed by atoms with Crippen molar-refractivity contribution < 1.29 is 14.3 Å². The molecule has 0 atom stereocenters. The number of rotatable bonds is 5. The fourth-order valence-electron chi connectivity index (χ4n) is 2.11. The van der Waals surface area contributed by atoms with Crippen LogP contribution in [-0.2, 0) is 11.0 Å². The highest BCUT2D eigenvalue weighted by Gasteiger charge is 2.43. The Balaban J connectivity index is 1.82. The van der Waals surface area contributed by atoms with E-state index in [0.29, 0.717) is 6.10 Å². The van der Waals surface area contributed by atoms with Crippen molar-refractivity contribution in [1.82, 2.24) is 4.98 Å². The molecule has 1 saturated carbocycles. The summed E-state index contributed by atoms with van der Waals surface area (Å²) in [6.45, 7) is 11.4. The van der Waals surface area contributed by atoms with E-state index in [2.05, 4.69) is 38.8 Å². The van der Waals surface area contributed by atoms with Crippen LogP contribution in [0, 0.1) is 0 Å². The number of nitrogens with zero attached hydrogens (tertiary/aromatic N) is 1. The number of hydrogen-bond acceptors (Lipinski definition) is 4. The third kappa shape index (κ3) is 4.05. The van der Waals surface area contributed by atoms with Gasteiger partial charge in [0.2, 0.25) is 0 Å². The zero-order valence-electron chi connectivity index (χ0n) is 13.7. The van der Waals surface area contributed by atoms with Crippen LogP contribution in [0.25, 0.3) is 0 Å². The normalized spacial score (nSPS) is 22.8. The highest BCUT2D eigenvalue weighted by molar-refractivity contribution is 6.74. The lowest BCUT2D eigenvalue weighted by molar-refractivity contribution is -0.00337. The SMILES string of the molecule is CC(C)(C)[Si](C)(C)O[C@H]1C[C@H](Oc2cncc(CO)c2)C1. The van der Waals surface area contributed by atoms with Gasteiger partial charge in [-0.1, -0.05) is 20.8 Å². The van der Waals surface area contributed by atoms with Gasteiger partial charge in [0.25, 0.3) is 0 Å². The maximum Gasteiger partial charge on any atom is 0.192 e. The Morgan fingerprint density at radius 1 is 1.24 bits per heavy atom. The first-order valence-corrected chi connectivity index (χ1v) is 10.5. The largest absolute Gasteiger partial charge is 0.489 e. The summed E-state index contributed by atoms with van der Waals surface area (Å²) in [4.78, 5) is 4.07. The lowest BCUT2D eigenvalue weighted by Crippen LogP contribution is -2.50. The van der Waals surface area contributed by atoms with Crippen molar-refractivity contribution in [3.8, 4) is 5.75 Å². The number of aliphatic hydroxyl groups is 1. The summed E-state index contributed by atoms with van der Waals surface area (Å²) < 4.78 is 12.2. The lowest BCUT2D eigenvalue weighted by Gasteiger charge is -2.44. The standard InChI is InChI=1S/C16H27NO3Si/c1-16(2,3)21(4,5)20-14-7-13(8-14)19-15-6-12(11-18)9-17-10-15/h6,9-10,13-14,18H,7-8,11H2,1-5H3/t13-,14-. The van der Waals surface area contributed by atoms with Crippen LogP contribution >= 0.6 is 0 Å². The first-order valence-electron chi connectivity index (χ1n) is 7.60. The molecular weight excluding hydrogens is 282 g/mol. The molecule has 0 aromatic carbocycles. The molecule has 1 heterocycles. The van der Waals surface area contributed by atoms with Crippen molar-refractivity contribution >= 4 is 8.32 Å². The van der Waals surface area contributed by atoms with Crippen molar-refractivity contribution in [2.45, 2.75) is 70.6 Å². The Morgan fingerprint density at radius 3 is 2.48 bits per heavy atom. The third-order valence-corrected chi connectivity index (χ3v) is 9.11. The van der Waals surface area contributed by atoms with E-state index < -0.39 is 8.32 Å². The maximum absolute atomic E-state index is 9.10. The molecule has 0 bridgehead atoms. The smallest absolute Gasteiger partial charge is 0.192 e. The molecule has 5 heteroatoms. The molecule has 1 aromatic heterocycles. The number of ether oxygens (including phenoxy) is 1. The Morgan fingerprint density at radius 2 is 1.90 bits per heavy atom. The minimum atomic E-state index is -1.68. The molecule has 118 valence electrons. The van der Waals surface area contributed by atoms with Crippen molar-refractivity contribution in [3.63, 3.8) is 0 Å². The molecule has 1 aliphatic carbocycles. The van der Waals surface area contributed by atoms with Crippen LogP contribution in [0.15, 0.2) is 18.5 Å². The second-order valence-electron chi connectivity index (χ2n) is 7.40. The highest BCUT2D eigenvalue weighted by Crippen LogP contribution is 2.40. The summed E-state index contributed by atoms with van der Waals surface area (Å²) in [6, 6.07) is 1.84. The van der Waals surface area contributed by atoms with Gasteiger partial charge in [-0.3, -0.25) is 4.98 Å². The monoisotopic (exact) mass is 309 g/mol. The van der Waals surface area contributed by atoms with Crippen LogP contribution in [0.1, 0.15) is 39.2 Å². The Labute approximate surface area is 128 Å². The van der Waals surface area contributed by atoms with Crippen molar-refractivity contribution in [1.29, 1.82) is 0 Å². The van der Waals surface area contributed by atoms with Gasteiger partial charge in [-0.05, 0) is 29.8 Å². The minimum Gasteiger partial charge on any atom is -0.489 e. The van der Waals surface area contributed by atoms with Gasteiger partial charge in [0.1, 0.15) is 11.9 Å². The van der Waals surface area contributed by atoms with E-state index in [1.807, 2.05) is 6.07 Å². The second kappa shape index (κ2) is 6.06. The summed E-state index contributed by atoms with van der Waals surface area (Å²) in [5.74, 6) is 0.734. The van der Waals surface area contributed by atoms with Gasteiger partial charge in [-0.2, -0.15) is 0 Å². The quantitative estimate of drug-likeness (QED) is 0.846. The Kier molecular flexibility index (Phi) is 4.75. The molecule has 0 spiro atoms. The number of aliphatic hydroxyl groups excluding tert-OH is 1. The number of hydrogen-bond donors (Lipinski definition) is 1. The third-order valence-electron chi connectivity index (χ3n) is 4.57. The fourth-order valence-corrected chi connectivity index (χ4v) is 3.49. The van der Waals surface area contributed by atoms with Gasteiger partial charge in [-0.25, -0.2) is 0 Å². The molecule has 0 radical (unpaired) electrons. The van der Waals surface area contributed by atoms with E-state index in [-0.39, 0.29) is 17.7 Å². The molecular formula is C16H27NO3Si. The molecule has 1 aliphatic rings. The van der Waals surface area contributed by atoms with Gasteiger partial charge < -0.3 is 14.3 Å². The van der Waals surface area contributed by atoms with E-state index in [0.717, 1.165) is 24.2 Å². The maximum atomic E-state index is 9.10. The average molecular weight is 309 g/mol. The van der Waals surface area contributed by atoms with Gasteiger partial charge in [0, 0.05) is 19.0 Å².